The van der Waals surface area contributed by atoms with E-state index in [0.717, 1.165) is 18.4 Å². The molecule has 0 amide bonds. The van der Waals surface area contributed by atoms with Gasteiger partial charge in [-0.05, 0) is 24.6 Å². The standard InChI is InChI=1S/C10H13F2NS/c11-9-2-1-8(10(12)7-9)3-4-13-5-6-14/h1-2,7,13-14H,3-6H2. The fourth-order valence-corrected chi connectivity index (χ4v) is 1.31. The molecule has 14 heavy (non-hydrogen) atoms. The van der Waals surface area contributed by atoms with Gasteiger partial charge in [0.15, 0.2) is 0 Å². The molecule has 0 saturated carbocycles. The second kappa shape index (κ2) is 5.98. The Labute approximate surface area is 87.9 Å². The minimum Gasteiger partial charge on any atom is -0.316 e. The van der Waals surface area contributed by atoms with Gasteiger partial charge in [-0.3, -0.25) is 0 Å². The summed E-state index contributed by atoms with van der Waals surface area (Å²) in [5.41, 5.74) is 0.540. The summed E-state index contributed by atoms with van der Waals surface area (Å²) >= 11 is 4.03. The van der Waals surface area contributed by atoms with Gasteiger partial charge in [-0.15, -0.1) is 0 Å². The Hall–Kier alpha value is -0.610. The lowest BCUT2D eigenvalue weighted by Gasteiger charge is -2.04. The summed E-state index contributed by atoms with van der Waals surface area (Å²) in [6.07, 6.45) is 0.569. The smallest absolute Gasteiger partial charge is 0.129 e. The van der Waals surface area contributed by atoms with E-state index in [1.165, 1.54) is 12.1 Å². The van der Waals surface area contributed by atoms with Crippen LogP contribution in [-0.4, -0.2) is 18.8 Å². The zero-order chi connectivity index (χ0) is 10.4. The van der Waals surface area contributed by atoms with Crippen LogP contribution < -0.4 is 5.32 Å². The SMILES string of the molecule is Fc1ccc(CCNCCS)c(F)c1. The van der Waals surface area contributed by atoms with Crippen LogP contribution in [0.2, 0.25) is 0 Å². The lowest BCUT2D eigenvalue weighted by molar-refractivity contribution is 0.568. The Morgan fingerprint density at radius 1 is 1.21 bits per heavy atom. The fraction of sp³-hybridized carbons (Fsp3) is 0.400. The Morgan fingerprint density at radius 2 is 2.00 bits per heavy atom. The Bertz CT molecular complexity index is 291. The third kappa shape index (κ3) is 3.64. The summed E-state index contributed by atoms with van der Waals surface area (Å²) < 4.78 is 25.6. The molecular weight excluding hydrogens is 204 g/mol. The molecule has 0 heterocycles. The second-order valence-corrected chi connectivity index (χ2v) is 3.41. The van der Waals surface area contributed by atoms with Gasteiger partial charge in [0.2, 0.25) is 0 Å². The Balaban J connectivity index is 2.42. The van der Waals surface area contributed by atoms with Crippen molar-refractivity contribution >= 4 is 12.6 Å². The fourth-order valence-electron chi connectivity index (χ4n) is 1.15. The zero-order valence-corrected chi connectivity index (χ0v) is 8.66. The van der Waals surface area contributed by atoms with Crippen molar-refractivity contribution in [2.45, 2.75) is 6.42 Å². The van der Waals surface area contributed by atoms with Crippen molar-refractivity contribution in [3.8, 4) is 0 Å². The Kier molecular flexibility index (Phi) is 4.90. The maximum atomic E-state index is 13.1. The average Bonchev–Trinajstić information content (AvgIpc) is 2.15. The molecule has 0 bridgehead atoms. The van der Waals surface area contributed by atoms with Gasteiger partial charge in [0.1, 0.15) is 11.6 Å². The molecule has 4 heteroatoms. The van der Waals surface area contributed by atoms with Gasteiger partial charge < -0.3 is 5.32 Å². The van der Waals surface area contributed by atoms with E-state index in [1.54, 1.807) is 0 Å². The van der Waals surface area contributed by atoms with Gasteiger partial charge in [-0.2, -0.15) is 12.6 Å². The number of hydrogen-bond donors (Lipinski definition) is 2. The highest BCUT2D eigenvalue weighted by Gasteiger charge is 2.02. The lowest BCUT2D eigenvalue weighted by atomic mass is 10.1. The van der Waals surface area contributed by atoms with Crippen molar-refractivity contribution in [2.75, 3.05) is 18.8 Å². The molecule has 0 radical (unpaired) electrons. The van der Waals surface area contributed by atoms with Gasteiger partial charge in [-0.25, -0.2) is 8.78 Å². The van der Waals surface area contributed by atoms with Crippen molar-refractivity contribution in [1.29, 1.82) is 0 Å². The van der Waals surface area contributed by atoms with Gasteiger partial charge in [0.25, 0.3) is 0 Å². The molecule has 1 rings (SSSR count). The molecule has 78 valence electrons. The zero-order valence-electron chi connectivity index (χ0n) is 7.76. The molecule has 1 aromatic rings. The van der Waals surface area contributed by atoms with Gasteiger partial charge in [-0.1, -0.05) is 6.07 Å². The van der Waals surface area contributed by atoms with E-state index in [2.05, 4.69) is 17.9 Å². The number of rotatable bonds is 5. The van der Waals surface area contributed by atoms with E-state index in [0.29, 0.717) is 18.5 Å². The summed E-state index contributed by atoms with van der Waals surface area (Å²) in [5.74, 6) is -0.251. The molecule has 1 aromatic carbocycles. The molecule has 0 aliphatic heterocycles. The first-order chi connectivity index (χ1) is 6.74. The third-order valence-electron chi connectivity index (χ3n) is 1.87. The van der Waals surface area contributed by atoms with Gasteiger partial charge in [0, 0.05) is 18.4 Å². The monoisotopic (exact) mass is 217 g/mol. The maximum absolute atomic E-state index is 13.1. The first kappa shape index (κ1) is 11.5. The topological polar surface area (TPSA) is 12.0 Å². The van der Waals surface area contributed by atoms with Crippen molar-refractivity contribution < 1.29 is 8.78 Å². The quantitative estimate of drug-likeness (QED) is 0.568. The van der Waals surface area contributed by atoms with Crippen LogP contribution in [0.15, 0.2) is 18.2 Å². The predicted octanol–water partition coefficient (Wildman–Crippen LogP) is 2.03. The van der Waals surface area contributed by atoms with E-state index in [4.69, 9.17) is 0 Å². The summed E-state index contributed by atoms with van der Waals surface area (Å²) in [5, 5.41) is 3.09. The highest BCUT2D eigenvalue weighted by Crippen LogP contribution is 2.09. The molecule has 0 aliphatic carbocycles. The summed E-state index contributed by atoms with van der Waals surface area (Å²) in [6.45, 7) is 1.48. The second-order valence-electron chi connectivity index (χ2n) is 2.96. The van der Waals surface area contributed by atoms with Gasteiger partial charge >= 0.3 is 0 Å². The van der Waals surface area contributed by atoms with Crippen LogP contribution in [0.4, 0.5) is 8.78 Å². The molecule has 1 nitrogen and oxygen atoms in total. The predicted molar refractivity (Wildman–Crippen MR) is 56.8 cm³/mol. The van der Waals surface area contributed by atoms with Crippen LogP contribution in [-0.2, 0) is 6.42 Å². The van der Waals surface area contributed by atoms with E-state index in [-0.39, 0.29) is 0 Å². The third-order valence-corrected chi connectivity index (χ3v) is 2.10. The molecule has 0 aromatic heterocycles. The molecule has 1 N–H and O–H groups in total. The van der Waals surface area contributed by atoms with E-state index < -0.39 is 11.6 Å². The highest BCUT2D eigenvalue weighted by atomic mass is 32.1. The normalized spacial score (nSPS) is 10.5. The van der Waals surface area contributed by atoms with Crippen LogP contribution >= 0.6 is 12.6 Å². The van der Waals surface area contributed by atoms with E-state index in [1.807, 2.05) is 0 Å². The first-order valence-electron chi connectivity index (χ1n) is 4.49. The molecular formula is C10H13F2NS. The minimum atomic E-state index is -0.533. The number of halogens is 2. The summed E-state index contributed by atoms with van der Waals surface area (Å²) in [6, 6.07) is 3.66. The summed E-state index contributed by atoms with van der Waals surface area (Å²) in [4.78, 5) is 0. The van der Waals surface area contributed by atoms with Crippen molar-refractivity contribution in [2.24, 2.45) is 0 Å². The average molecular weight is 217 g/mol. The number of nitrogens with one attached hydrogen (secondary N) is 1. The largest absolute Gasteiger partial charge is 0.316 e. The van der Waals surface area contributed by atoms with E-state index in [9.17, 15) is 8.78 Å². The lowest BCUT2D eigenvalue weighted by Crippen LogP contribution is -2.19. The molecule has 0 atom stereocenters. The van der Waals surface area contributed by atoms with Crippen LogP contribution in [0, 0.1) is 11.6 Å². The van der Waals surface area contributed by atoms with Crippen molar-refractivity contribution in [3.05, 3.63) is 35.4 Å². The van der Waals surface area contributed by atoms with Crippen molar-refractivity contribution in [1.82, 2.24) is 5.32 Å². The summed E-state index contributed by atoms with van der Waals surface area (Å²) in [7, 11) is 0. The molecule has 0 aliphatic rings. The number of benzene rings is 1. The van der Waals surface area contributed by atoms with Gasteiger partial charge in [0.05, 0.1) is 0 Å². The highest BCUT2D eigenvalue weighted by molar-refractivity contribution is 7.80. The van der Waals surface area contributed by atoms with Crippen LogP contribution in [0.1, 0.15) is 5.56 Å². The van der Waals surface area contributed by atoms with Crippen LogP contribution in [0.25, 0.3) is 0 Å². The molecule has 0 saturated heterocycles. The van der Waals surface area contributed by atoms with E-state index >= 15 is 0 Å². The van der Waals surface area contributed by atoms with Crippen LogP contribution in [0.5, 0.6) is 0 Å². The van der Waals surface area contributed by atoms with Crippen LogP contribution in [0.3, 0.4) is 0 Å². The number of hydrogen-bond acceptors (Lipinski definition) is 2. The number of thiol groups is 1. The molecule has 0 unspecified atom stereocenters. The Morgan fingerprint density at radius 3 is 2.64 bits per heavy atom. The first-order valence-corrected chi connectivity index (χ1v) is 5.13. The van der Waals surface area contributed by atoms with Crippen molar-refractivity contribution in [3.63, 3.8) is 0 Å². The molecule has 0 spiro atoms. The molecule has 0 fully saturated rings. The minimum absolute atomic E-state index is 0.474. The maximum Gasteiger partial charge on any atom is 0.129 e.